The Morgan fingerprint density at radius 1 is 1.08 bits per heavy atom. The van der Waals surface area contributed by atoms with Gasteiger partial charge in [-0.3, -0.25) is 9.09 Å². The number of phosphoric acid groups is 3. The molecule has 0 aliphatic carbocycles. The van der Waals surface area contributed by atoms with E-state index in [2.05, 4.69) is 33.1 Å². The van der Waals surface area contributed by atoms with Crippen molar-refractivity contribution in [3.8, 4) is 10.7 Å². The van der Waals surface area contributed by atoms with Gasteiger partial charge in [-0.15, -0.1) is 11.3 Å². The molecule has 4 heterocycles. The Morgan fingerprint density at radius 3 is 2.41 bits per heavy atom. The SMILES string of the molecule is Cc1csc(-c2nc(N)nc3c2ncn3[C@H]2O[C@H](COP(=O)(O)OP(=O)(O)OP(=O)(O)O)[C@@H](O)[C@H]2O)n1. The lowest BCUT2D eigenvalue weighted by atomic mass is 10.1. The van der Waals surface area contributed by atoms with Crippen LogP contribution in [0, 0.1) is 6.92 Å². The van der Waals surface area contributed by atoms with Crippen LogP contribution in [0.1, 0.15) is 11.9 Å². The summed E-state index contributed by atoms with van der Waals surface area (Å²) in [4.78, 5) is 52.8. The molecule has 0 amide bonds. The second-order valence-electron chi connectivity index (χ2n) is 7.48. The fraction of sp³-hybridized carbons (Fsp3) is 0.429. The molecule has 1 aliphatic heterocycles. The summed E-state index contributed by atoms with van der Waals surface area (Å²) < 4.78 is 52.6. The Hall–Kier alpha value is -1.73. The van der Waals surface area contributed by atoms with Crippen molar-refractivity contribution >= 4 is 51.9 Å². The molecule has 19 nitrogen and oxygen atoms in total. The largest absolute Gasteiger partial charge is 0.490 e. The fourth-order valence-electron chi connectivity index (χ4n) is 3.30. The van der Waals surface area contributed by atoms with Crippen LogP contribution in [0.4, 0.5) is 5.95 Å². The highest BCUT2D eigenvalue weighted by Crippen LogP contribution is 2.66. The summed E-state index contributed by atoms with van der Waals surface area (Å²) in [5.74, 6) is -0.144. The maximum atomic E-state index is 12.0. The van der Waals surface area contributed by atoms with Gasteiger partial charge in [0.05, 0.1) is 12.9 Å². The number of aryl methyl sites for hydroxylation is 1. The number of hydrogen-bond donors (Lipinski definition) is 7. The van der Waals surface area contributed by atoms with Crippen LogP contribution < -0.4 is 5.73 Å². The first-order valence-electron chi connectivity index (χ1n) is 9.78. The van der Waals surface area contributed by atoms with Crippen molar-refractivity contribution in [2.24, 2.45) is 0 Å². The van der Waals surface area contributed by atoms with E-state index >= 15 is 0 Å². The van der Waals surface area contributed by atoms with E-state index in [0.717, 1.165) is 5.69 Å². The first-order chi connectivity index (χ1) is 17.1. The van der Waals surface area contributed by atoms with Gasteiger partial charge >= 0.3 is 23.5 Å². The number of phosphoric ester groups is 1. The predicted octanol–water partition coefficient (Wildman–Crippen LogP) is -0.197. The number of nitrogen functional groups attached to an aromatic ring is 1. The standard InChI is InChI=1S/C14H19N6O13P3S/c1-5-3-37-12(17-5)8-7-11(19-14(15)18-8)20(4-16-7)13-10(22)9(21)6(31-13)2-30-35(26,27)33-36(28,29)32-34(23,24)25/h3-4,6,9-10,13,21-22H,2H2,1H3,(H,26,27)(H,28,29)(H2,15,18,19)(H2,23,24,25)/t6-,9-,10-,13+/m1/s1. The van der Waals surface area contributed by atoms with Crippen molar-refractivity contribution in [3.63, 3.8) is 0 Å². The number of aliphatic hydroxyl groups excluding tert-OH is 2. The molecule has 0 aromatic carbocycles. The second kappa shape index (κ2) is 10.1. The van der Waals surface area contributed by atoms with Gasteiger partial charge in [0, 0.05) is 11.1 Å². The van der Waals surface area contributed by atoms with Crippen LogP contribution in [0.3, 0.4) is 0 Å². The van der Waals surface area contributed by atoms with Crippen LogP contribution in [0.2, 0.25) is 0 Å². The second-order valence-corrected chi connectivity index (χ2v) is 12.8. The van der Waals surface area contributed by atoms with Gasteiger partial charge in [0.15, 0.2) is 11.9 Å². The van der Waals surface area contributed by atoms with Crippen LogP contribution in [0.15, 0.2) is 11.7 Å². The highest BCUT2D eigenvalue weighted by atomic mass is 32.1. The number of nitrogens with two attached hydrogens (primary N) is 1. The summed E-state index contributed by atoms with van der Waals surface area (Å²) in [6.45, 7) is 0.804. The number of fused-ring (bicyclic) bond motifs is 1. The zero-order valence-corrected chi connectivity index (χ0v) is 21.8. The molecule has 1 saturated heterocycles. The zero-order chi connectivity index (χ0) is 27.3. The molecule has 37 heavy (non-hydrogen) atoms. The minimum absolute atomic E-state index is 0.111. The molecule has 1 aliphatic rings. The molecule has 0 saturated carbocycles. The predicted molar refractivity (Wildman–Crippen MR) is 121 cm³/mol. The molecule has 3 aromatic heterocycles. The molecule has 6 atom stereocenters. The number of thiazole rings is 1. The van der Waals surface area contributed by atoms with E-state index in [1.165, 1.54) is 22.2 Å². The third kappa shape index (κ3) is 6.47. The monoisotopic (exact) mass is 604 g/mol. The Kier molecular flexibility index (Phi) is 7.72. The Morgan fingerprint density at radius 2 is 1.78 bits per heavy atom. The first-order valence-corrected chi connectivity index (χ1v) is 15.2. The van der Waals surface area contributed by atoms with Crippen molar-refractivity contribution < 1.29 is 61.4 Å². The van der Waals surface area contributed by atoms with Gasteiger partial charge in [-0.25, -0.2) is 28.6 Å². The molecule has 204 valence electrons. The molecule has 2 unspecified atom stereocenters. The third-order valence-electron chi connectivity index (χ3n) is 4.69. The molecule has 1 fully saturated rings. The van der Waals surface area contributed by atoms with E-state index < -0.39 is 54.6 Å². The number of nitrogens with zero attached hydrogens (tertiary/aromatic N) is 5. The average Bonchev–Trinajstić information content (AvgIpc) is 3.42. The van der Waals surface area contributed by atoms with E-state index in [9.17, 15) is 33.7 Å². The van der Waals surface area contributed by atoms with Gasteiger partial charge < -0.3 is 40.3 Å². The number of hydrogen-bond acceptors (Lipinski definition) is 15. The van der Waals surface area contributed by atoms with Gasteiger partial charge in [0.2, 0.25) is 5.95 Å². The number of aromatic nitrogens is 5. The molecular weight excluding hydrogens is 585 g/mol. The number of imidazole rings is 1. The van der Waals surface area contributed by atoms with Crippen molar-refractivity contribution in [3.05, 3.63) is 17.4 Å². The quantitative estimate of drug-likeness (QED) is 0.156. The highest BCUT2D eigenvalue weighted by molar-refractivity contribution is 7.66. The van der Waals surface area contributed by atoms with Gasteiger partial charge in [0.1, 0.15) is 34.5 Å². The van der Waals surface area contributed by atoms with E-state index in [1.807, 2.05) is 0 Å². The van der Waals surface area contributed by atoms with E-state index in [1.54, 1.807) is 12.3 Å². The minimum Gasteiger partial charge on any atom is -0.387 e. The Labute approximate surface area is 210 Å². The Balaban J connectivity index is 1.52. The van der Waals surface area contributed by atoms with Gasteiger partial charge in [-0.05, 0) is 6.92 Å². The zero-order valence-electron chi connectivity index (χ0n) is 18.3. The van der Waals surface area contributed by atoms with Gasteiger partial charge in [-0.1, -0.05) is 0 Å². The van der Waals surface area contributed by atoms with Crippen molar-refractivity contribution in [1.29, 1.82) is 0 Å². The van der Waals surface area contributed by atoms with Crippen molar-refractivity contribution in [2.75, 3.05) is 12.3 Å². The summed E-state index contributed by atoms with van der Waals surface area (Å²) in [7, 11) is -16.8. The smallest absolute Gasteiger partial charge is 0.387 e. The third-order valence-corrected chi connectivity index (χ3v) is 9.46. The molecule has 0 radical (unpaired) electrons. The lowest BCUT2D eigenvalue weighted by Gasteiger charge is -2.19. The summed E-state index contributed by atoms with van der Waals surface area (Å²) in [5.41, 5.74) is 7.25. The van der Waals surface area contributed by atoms with Gasteiger partial charge in [-0.2, -0.15) is 13.6 Å². The number of anilines is 1. The van der Waals surface area contributed by atoms with Crippen LogP contribution in [-0.4, -0.2) is 79.2 Å². The topological polar surface area (TPSA) is 292 Å². The van der Waals surface area contributed by atoms with E-state index in [4.69, 9.17) is 20.3 Å². The number of aliphatic hydroxyl groups is 2. The molecule has 0 spiro atoms. The van der Waals surface area contributed by atoms with E-state index in [0.29, 0.717) is 10.7 Å². The normalized spacial score (nSPS) is 25.8. The first kappa shape index (κ1) is 28.3. The highest BCUT2D eigenvalue weighted by Gasteiger charge is 2.47. The maximum Gasteiger partial charge on any atom is 0.490 e. The lowest BCUT2D eigenvalue weighted by molar-refractivity contribution is -0.0503. The van der Waals surface area contributed by atoms with Crippen molar-refractivity contribution in [2.45, 2.75) is 31.5 Å². The summed E-state index contributed by atoms with van der Waals surface area (Å²) in [5, 5.41) is 23.2. The average molecular weight is 604 g/mol. The van der Waals surface area contributed by atoms with Crippen LogP contribution >= 0.6 is 34.8 Å². The molecule has 8 N–H and O–H groups in total. The summed E-state index contributed by atoms with van der Waals surface area (Å²) >= 11 is 1.29. The number of ether oxygens (including phenoxy) is 1. The summed E-state index contributed by atoms with van der Waals surface area (Å²) in [6.07, 6.45) is -4.98. The molecule has 3 aromatic rings. The molecule has 4 rings (SSSR count). The molecular formula is C14H19N6O13P3S. The van der Waals surface area contributed by atoms with E-state index in [-0.39, 0.29) is 17.1 Å². The number of rotatable bonds is 9. The molecule has 23 heteroatoms. The minimum atomic E-state index is -5.73. The summed E-state index contributed by atoms with van der Waals surface area (Å²) in [6, 6.07) is 0. The van der Waals surface area contributed by atoms with Crippen molar-refractivity contribution in [1.82, 2.24) is 24.5 Å². The van der Waals surface area contributed by atoms with Gasteiger partial charge in [0.25, 0.3) is 0 Å². The van der Waals surface area contributed by atoms with Crippen LogP contribution in [-0.2, 0) is 31.6 Å². The maximum absolute atomic E-state index is 12.0. The Bertz CT molecular complexity index is 1460. The van der Waals surface area contributed by atoms with Crippen LogP contribution in [0.25, 0.3) is 21.9 Å². The fourth-order valence-corrected chi connectivity index (χ4v) is 7.11. The lowest BCUT2D eigenvalue weighted by Crippen LogP contribution is -2.33. The molecule has 0 bridgehead atoms. The van der Waals surface area contributed by atoms with Crippen LogP contribution in [0.5, 0.6) is 0 Å².